The third kappa shape index (κ3) is 3.46. The van der Waals surface area contributed by atoms with Crippen molar-refractivity contribution >= 4 is 22.7 Å². The van der Waals surface area contributed by atoms with Crippen LogP contribution in [0, 0.1) is 5.82 Å². The van der Waals surface area contributed by atoms with Crippen LogP contribution in [0.2, 0.25) is 0 Å². The van der Waals surface area contributed by atoms with E-state index in [1.54, 1.807) is 0 Å². The fourth-order valence-corrected chi connectivity index (χ4v) is 1.83. The fraction of sp³-hybridized carbons (Fsp3) is 0. The molecule has 1 amide bonds. The molecule has 0 heterocycles. The summed E-state index contributed by atoms with van der Waals surface area (Å²) in [6.45, 7) is 0. The number of amides is 1. The molecule has 0 saturated carbocycles. The summed E-state index contributed by atoms with van der Waals surface area (Å²) in [6.07, 6.45) is 0. The lowest BCUT2D eigenvalue weighted by Gasteiger charge is -2.05. The Hall–Kier alpha value is -2.05. The Morgan fingerprint density at radius 3 is 2.16 bits per heavy atom. The first-order valence-corrected chi connectivity index (χ1v) is 6.45. The second-order valence-corrected chi connectivity index (χ2v) is 4.70. The summed E-state index contributed by atoms with van der Waals surface area (Å²) < 4.78 is 32.3. The second-order valence-electron chi connectivity index (χ2n) is 3.73. The van der Waals surface area contributed by atoms with Crippen LogP contribution in [0.15, 0.2) is 53.4 Å². The molecule has 1 atom stereocenters. The van der Waals surface area contributed by atoms with Crippen molar-refractivity contribution in [3.8, 4) is 0 Å². The van der Waals surface area contributed by atoms with Crippen molar-refractivity contribution in [2.75, 3.05) is 5.32 Å². The predicted molar refractivity (Wildman–Crippen MR) is 69.8 cm³/mol. The summed E-state index contributed by atoms with van der Waals surface area (Å²) in [5.74, 6) is -0.788. The molecule has 19 heavy (non-hydrogen) atoms. The molecule has 0 radical (unpaired) electrons. The molecule has 0 bridgehead atoms. The highest BCUT2D eigenvalue weighted by Crippen LogP contribution is 2.13. The molecule has 4 nitrogen and oxygen atoms in total. The molecule has 2 aromatic carbocycles. The van der Waals surface area contributed by atoms with E-state index in [1.807, 2.05) is 0 Å². The van der Waals surface area contributed by atoms with Crippen LogP contribution in [0.25, 0.3) is 0 Å². The van der Waals surface area contributed by atoms with Gasteiger partial charge in [0.2, 0.25) is 0 Å². The van der Waals surface area contributed by atoms with Gasteiger partial charge in [0.1, 0.15) is 5.82 Å². The minimum Gasteiger partial charge on any atom is -0.322 e. The molecule has 1 unspecified atom stereocenters. The first-order valence-electron chi connectivity index (χ1n) is 5.34. The van der Waals surface area contributed by atoms with Crippen LogP contribution in [-0.2, 0) is 11.1 Å². The van der Waals surface area contributed by atoms with Crippen molar-refractivity contribution in [1.29, 1.82) is 0 Å². The van der Waals surface area contributed by atoms with Gasteiger partial charge in [0, 0.05) is 11.3 Å². The molecule has 98 valence electrons. The van der Waals surface area contributed by atoms with Gasteiger partial charge >= 0.3 is 0 Å². The van der Waals surface area contributed by atoms with Crippen molar-refractivity contribution in [3.05, 3.63) is 59.9 Å². The largest absolute Gasteiger partial charge is 0.322 e. The molecule has 0 saturated heterocycles. The van der Waals surface area contributed by atoms with Crippen molar-refractivity contribution in [1.82, 2.24) is 0 Å². The number of hydrogen-bond acceptors (Lipinski definition) is 2. The monoisotopic (exact) mass is 279 g/mol. The Labute approximate surface area is 111 Å². The SMILES string of the molecule is O=C(Nc1ccc(S(=O)O)cc1)c1ccc(F)cc1. The molecule has 0 aromatic heterocycles. The summed E-state index contributed by atoms with van der Waals surface area (Å²) in [6, 6.07) is 11.1. The van der Waals surface area contributed by atoms with Gasteiger partial charge < -0.3 is 9.87 Å². The van der Waals surface area contributed by atoms with Gasteiger partial charge in [-0.3, -0.25) is 4.79 Å². The molecule has 2 rings (SSSR count). The molecule has 0 fully saturated rings. The van der Waals surface area contributed by atoms with Crippen molar-refractivity contribution < 1.29 is 17.9 Å². The molecular formula is C13H10FNO3S. The first kappa shape index (κ1) is 13.4. The van der Waals surface area contributed by atoms with Crippen LogP contribution in [0.5, 0.6) is 0 Å². The van der Waals surface area contributed by atoms with Crippen LogP contribution in [0.4, 0.5) is 10.1 Å². The molecule has 0 aliphatic heterocycles. The van der Waals surface area contributed by atoms with Crippen molar-refractivity contribution in [2.45, 2.75) is 4.90 Å². The lowest BCUT2D eigenvalue weighted by atomic mass is 10.2. The van der Waals surface area contributed by atoms with Gasteiger partial charge in [-0.2, -0.15) is 0 Å². The summed E-state index contributed by atoms with van der Waals surface area (Å²) in [7, 11) is 0. The molecule has 2 aromatic rings. The Bertz CT molecular complexity index is 611. The average Bonchev–Trinajstić information content (AvgIpc) is 2.40. The third-order valence-electron chi connectivity index (χ3n) is 2.42. The molecule has 6 heteroatoms. The third-order valence-corrected chi connectivity index (χ3v) is 3.10. The summed E-state index contributed by atoms with van der Waals surface area (Å²) in [5, 5.41) is 2.60. The zero-order valence-electron chi connectivity index (χ0n) is 9.67. The van der Waals surface area contributed by atoms with E-state index in [9.17, 15) is 13.4 Å². The number of halogens is 1. The van der Waals surface area contributed by atoms with Crippen LogP contribution >= 0.6 is 0 Å². The predicted octanol–water partition coefficient (Wildman–Crippen LogP) is 2.66. The van der Waals surface area contributed by atoms with E-state index in [-0.39, 0.29) is 10.8 Å². The van der Waals surface area contributed by atoms with Crippen molar-refractivity contribution in [2.24, 2.45) is 0 Å². The highest BCUT2D eigenvalue weighted by Gasteiger charge is 2.06. The Kier molecular flexibility index (Phi) is 4.03. The van der Waals surface area contributed by atoms with Gasteiger partial charge in [0.05, 0.1) is 4.90 Å². The van der Waals surface area contributed by atoms with E-state index in [1.165, 1.54) is 48.5 Å². The number of rotatable bonds is 3. The highest BCUT2D eigenvalue weighted by atomic mass is 32.2. The lowest BCUT2D eigenvalue weighted by Crippen LogP contribution is -2.11. The Morgan fingerprint density at radius 1 is 1.05 bits per heavy atom. The van der Waals surface area contributed by atoms with Gasteiger partial charge in [-0.25, -0.2) is 8.60 Å². The Morgan fingerprint density at radius 2 is 1.63 bits per heavy atom. The summed E-state index contributed by atoms with van der Waals surface area (Å²) in [4.78, 5) is 12.1. The van der Waals surface area contributed by atoms with Crippen LogP contribution in [0.1, 0.15) is 10.4 Å². The molecule has 0 spiro atoms. The van der Waals surface area contributed by atoms with Gasteiger partial charge in [-0.15, -0.1) is 0 Å². The molecule has 0 aliphatic rings. The molecule has 0 aliphatic carbocycles. The number of carbonyl (C=O) groups excluding carboxylic acids is 1. The second kappa shape index (κ2) is 5.73. The highest BCUT2D eigenvalue weighted by molar-refractivity contribution is 7.79. The van der Waals surface area contributed by atoms with Crippen LogP contribution < -0.4 is 5.32 Å². The zero-order chi connectivity index (χ0) is 13.8. The van der Waals surface area contributed by atoms with Gasteiger partial charge in [0.15, 0.2) is 11.1 Å². The van der Waals surface area contributed by atoms with Gasteiger partial charge in [-0.1, -0.05) is 0 Å². The topological polar surface area (TPSA) is 66.4 Å². The fourth-order valence-electron chi connectivity index (χ4n) is 1.46. The van der Waals surface area contributed by atoms with E-state index >= 15 is 0 Å². The maximum Gasteiger partial charge on any atom is 0.255 e. The van der Waals surface area contributed by atoms with E-state index in [4.69, 9.17) is 4.55 Å². The summed E-state index contributed by atoms with van der Waals surface area (Å²) in [5.41, 5.74) is 0.819. The van der Waals surface area contributed by atoms with Crippen molar-refractivity contribution in [3.63, 3.8) is 0 Å². The number of benzene rings is 2. The maximum absolute atomic E-state index is 12.7. The Balaban J connectivity index is 2.10. The quantitative estimate of drug-likeness (QED) is 0.849. The van der Waals surface area contributed by atoms with Gasteiger partial charge in [0.25, 0.3) is 5.91 Å². The zero-order valence-corrected chi connectivity index (χ0v) is 10.5. The molecular weight excluding hydrogens is 269 g/mol. The van der Waals surface area contributed by atoms with Crippen LogP contribution in [-0.4, -0.2) is 14.7 Å². The number of carbonyl (C=O) groups is 1. The maximum atomic E-state index is 12.7. The van der Waals surface area contributed by atoms with Crippen LogP contribution in [0.3, 0.4) is 0 Å². The summed E-state index contributed by atoms with van der Waals surface area (Å²) >= 11 is -2.04. The number of anilines is 1. The lowest BCUT2D eigenvalue weighted by molar-refractivity contribution is 0.102. The van der Waals surface area contributed by atoms with E-state index in [0.29, 0.717) is 11.3 Å². The first-order chi connectivity index (χ1) is 9.06. The van der Waals surface area contributed by atoms with E-state index < -0.39 is 16.9 Å². The van der Waals surface area contributed by atoms with E-state index in [2.05, 4.69) is 5.32 Å². The van der Waals surface area contributed by atoms with Gasteiger partial charge in [-0.05, 0) is 48.5 Å². The standard InChI is InChI=1S/C13H10FNO3S/c14-10-3-1-9(2-4-10)13(16)15-11-5-7-12(8-6-11)19(17)18/h1-8H,(H,15,16)(H,17,18). The minimum atomic E-state index is -2.04. The number of hydrogen-bond donors (Lipinski definition) is 2. The minimum absolute atomic E-state index is 0.250. The average molecular weight is 279 g/mol. The smallest absolute Gasteiger partial charge is 0.255 e. The number of nitrogens with one attached hydrogen (secondary N) is 1. The molecule has 2 N–H and O–H groups in total. The van der Waals surface area contributed by atoms with E-state index in [0.717, 1.165) is 0 Å². The normalized spacial score (nSPS) is 11.9.